The number of thioether (sulfide) groups is 1. The van der Waals surface area contributed by atoms with Crippen LogP contribution in [0, 0.1) is 0 Å². The molecule has 0 spiro atoms. The summed E-state index contributed by atoms with van der Waals surface area (Å²) in [6.07, 6.45) is 4.20. The predicted octanol–water partition coefficient (Wildman–Crippen LogP) is 1.25. The van der Waals surface area contributed by atoms with E-state index >= 15 is 0 Å². The normalized spacial score (nSPS) is 10.8. The van der Waals surface area contributed by atoms with Gasteiger partial charge in [0.1, 0.15) is 0 Å². The Hall–Kier alpha value is 0.0500. The van der Waals surface area contributed by atoms with Gasteiger partial charge in [-0.25, -0.2) is 0 Å². The second kappa shape index (κ2) is 7.05. The Morgan fingerprint density at radius 3 is 2.88 bits per heavy atom. The van der Waals surface area contributed by atoms with Crippen molar-refractivity contribution < 1.29 is 0 Å². The van der Waals surface area contributed by atoms with Crippen LogP contribution in [0.1, 0.15) is 6.92 Å². The molecule has 0 amide bonds. The molecule has 0 bridgehead atoms. The highest BCUT2D eigenvalue weighted by molar-refractivity contribution is 7.99. The fraction of sp³-hybridized carbons (Fsp3) is 0.667. The van der Waals surface area contributed by atoms with Crippen LogP contribution in [0.15, 0.2) is 12.2 Å². The summed E-state index contributed by atoms with van der Waals surface area (Å²) in [5.74, 6) is 2.18. The molecule has 8 heavy (non-hydrogen) atoms. The zero-order valence-electron chi connectivity index (χ0n) is 5.26. The first-order chi connectivity index (χ1) is 3.91. The van der Waals surface area contributed by atoms with Gasteiger partial charge in [-0.05, 0) is 6.92 Å². The molecule has 2 heteroatoms. The minimum Gasteiger partial charge on any atom is -0.330 e. The molecular formula is C6H13NS. The Labute approximate surface area is 55.3 Å². The summed E-state index contributed by atoms with van der Waals surface area (Å²) < 4.78 is 0. The predicted molar refractivity (Wildman–Crippen MR) is 41.2 cm³/mol. The summed E-state index contributed by atoms with van der Waals surface area (Å²) in [7, 11) is 0. The molecule has 0 unspecified atom stereocenters. The van der Waals surface area contributed by atoms with E-state index in [2.05, 4.69) is 12.2 Å². The molecule has 0 heterocycles. The SMILES string of the molecule is C/C=C/CSCCN. The van der Waals surface area contributed by atoms with Crippen LogP contribution in [0.4, 0.5) is 0 Å². The molecule has 0 aliphatic heterocycles. The summed E-state index contributed by atoms with van der Waals surface area (Å²) >= 11 is 1.87. The van der Waals surface area contributed by atoms with E-state index < -0.39 is 0 Å². The maximum atomic E-state index is 5.27. The van der Waals surface area contributed by atoms with Crippen LogP contribution in [0.2, 0.25) is 0 Å². The van der Waals surface area contributed by atoms with Crippen molar-refractivity contribution in [2.45, 2.75) is 6.92 Å². The molecule has 0 atom stereocenters. The topological polar surface area (TPSA) is 26.0 Å². The monoisotopic (exact) mass is 131 g/mol. The number of nitrogens with two attached hydrogens (primary N) is 1. The summed E-state index contributed by atoms with van der Waals surface area (Å²) in [5, 5.41) is 0. The third-order valence-electron chi connectivity index (χ3n) is 0.712. The van der Waals surface area contributed by atoms with Gasteiger partial charge < -0.3 is 5.73 Å². The van der Waals surface area contributed by atoms with E-state index in [-0.39, 0.29) is 0 Å². The first-order valence-corrected chi connectivity index (χ1v) is 3.96. The molecule has 2 N–H and O–H groups in total. The van der Waals surface area contributed by atoms with E-state index in [1.165, 1.54) is 0 Å². The molecule has 0 saturated carbocycles. The number of hydrogen-bond donors (Lipinski definition) is 1. The second-order valence-electron chi connectivity index (χ2n) is 1.43. The van der Waals surface area contributed by atoms with Crippen molar-refractivity contribution in [3.8, 4) is 0 Å². The Kier molecular flexibility index (Phi) is 7.09. The van der Waals surface area contributed by atoms with Crippen molar-refractivity contribution in [2.24, 2.45) is 5.73 Å². The fourth-order valence-electron chi connectivity index (χ4n) is 0.331. The van der Waals surface area contributed by atoms with Crippen LogP contribution in [0.5, 0.6) is 0 Å². The average Bonchev–Trinajstić information content (AvgIpc) is 1.81. The highest BCUT2D eigenvalue weighted by Crippen LogP contribution is 1.96. The quantitative estimate of drug-likeness (QED) is 0.459. The summed E-state index contributed by atoms with van der Waals surface area (Å²) in [4.78, 5) is 0. The van der Waals surface area contributed by atoms with Crippen molar-refractivity contribution in [3.63, 3.8) is 0 Å². The van der Waals surface area contributed by atoms with Crippen LogP contribution >= 0.6 is 11.8 Å². The largest absolute Gasteiger partial charge is 0.330 e. The van der Waals surface area contributed by atoms with Crippen molar-refractivity contribution in [3.05, 3.63) is 12.2 Å². The molecule has 0 aromatic heterocycles. The van der Waals surface area contributed by atoms with E-state index in [0.29, 0.717) is 0 Å². The maximum absolute atomic E-state index is 5.27. The van der Waals surface area contributed by atoms with E-state index in [1.54, 1.807) is 0 Å². The fourth-order valence-corrected chi connectivity index (χ4v) is 0.993. The Morgan fingerprint density at radius 2 is 2.38 bits per heavy atom. The van der Waals surface area contributed by atoms with E-state index in [0.717, 1.165) is 18.1 Å². The molecule has 48 valence electrons. The van der Waals surface area contributed by atoms with Crippen molar-refractivity contribution >= 4 is 11.8 Å². The highest BCUT2D eigenvalue weighted by atomic mass is 32.2. The van der Waals surface area contributed by atoms with Crippen LogP contribution in [0.3, 0.4) is 0 Å². The van der Waals surface area contributed by atoms with Crippen molar-refractivity contribution in [1.82, 2.24) is 0 Å². The van der Waals surface area contributed by atoms with Crippen LogP contribution in [-0.4, -0.2) is 18.1 Å². The van der Waals surface area contributed by atoms with Crippen molar-refractivity contribution in [2.75, 3.05) is 18.1 Å². The minimum absolute atomic E-state index is 0.794. The van der Waals surface area contributed by atoms with Gasteiger partial charge in [0.05, 0.1) is 0 Å². The zero-order valence-corrected chi connectivity index (χ0v) is 6.08. The van der Waals surface area contributed by atoms with E-state index in [4.69, 9.17) is 5.73 Å². The number of hydrogen-bond acceptors (Lipinski definition) is 2. The minimum atomic E-state index is 0.794. The molecule has 0 aromatic rings. The standard InChI is InChI=1S/C6H13NS/c1-2-3-5-8-6-4-7/h2-3H,4-7H2,1H3/b3-2+. The molecule has 0 saturated heterocycles. The smallest absolute Gasteiger partial charge is 0.0113 e. The van der Waals surface area contributed by atoms with Gasteiger partial charge in [-0.1, -0.05) is 12.2 Å². The second-order valence-corrected chi connectivity index (χ2v) is 2.58. The summed E-state index contributed by atoms with van der Waals surface area (Å²) in [6.45, 7) is 2.82. The lowest BCUT2D eigenvalue weighted by molar-refractivity contribution is 1.15. The molecule has 0 radical (unpaired) electrons. The van der Waals surface area contributed by atoms with Crippen LogP contribution < -0.4 is 5.73 Å². The Morgan fingerprint density at radius 1 is 1.62 bits per heavy atom. The van der Waals surface area contributed by atoms with Gasteiger partial charge in [0.15, 0.2) is 0 Å². The van der Waals surface area contributed by atoms with Gasteiger partial charge in [0.25, 0.3) is 0 Å². The van der Waals surface area contributed by atoms with Gasteiger partial charge in [-0.3, -0.25) is 0 Å². The lowest BCUT2D eigenvalue weighted by atomic mass is 10.6. The summed E-state index contributed by atoms with van der Waals surface area (Å²) in [6, 6.07) is 0. The molecule has 0 rings (SSSR count). The van der Waals surface area contributed by atoms with E-state index in [9.17, 15) is 0 Å². The van der Waals surface area contributed by atoms with Gasteiger partial charge in [0, 0.05) is 18.1 Å². The van der Waals surface area contributed by atoms with E-state index in [1.807, 2.05) is 18.7 Å². The molecule has 0 aromatic carbocycles. The molecule has 0 aliphatic carbocycles. The lowest BCUT2D eigenvalue weighted by Crippen LogP contribution is -2.01. The van der Waals surface area contributed by atoms with Crippen LogP contribution in [0.25, 0.3) is 0 Å². The van der Waals surface area contributed by atoms with Gasteiger partial charge in [-0.2, -0.15) is 11.8 Å². The lowest BCUT2D eigenvalue weighted by Gasteiger charge is -1.89. The van der Waals surface area contributed by atoms with Crippen molar-refractivity contribution in [1.29, 1.82) is 0 Å². The molecular weight excluding hydrogens is 118 g/mol. The Balaban J connectivity index is 2.72. The summed E-state index contributed by atoms with van der Waals surface area (Å²) in [5.41, 5.74) is 5.27. The first-order valence-electron chi connectivity index (χ1n) is 2.80. The average molecular weight is 131 g/mol. The number of allylic oxidation sites excluding steroid dienone is 1. The van der Waals surface area contributed by atoms with Gasteiger partial charge in [0.2, 0.25) is 0 Å². The zero-order chi connectivity index (χ0) is 6.24. The first kappa shape index (κ1) is 8.05. The molecule has 1 nitrogen and oxygen atoms in total. The third kappa shape index (κ3) is 6.05. The highest BCUT2D eigenvalue weighted by Gasteiger charge is 1.78. The molecule has 0 aliphatic rings. The third-order valence-corrected chi connectivity index (χ3v) is 1.66. The molecule has 0 fully saturated rings. The maximum Gasteiger partial charge on any atom is 0.0113 e. The Bertz CT molecular complexity index is 61.5. The van der Waals surface area contributed by atoms with Gasteiger partial charge >= 0.3 is 0 Å². The van der Waals surface area contributed by atoms with Crippen LogP contribution in [-0.2, 0) is 0 Å². The number of rotatable bonds is 4. The van der Waals surface area contributed by atoms with Gasteiger partial charge in [-0.15, -0.1) is 0 Å².